The maximum absolute atomic E-state index is 11.5. The number of anilines is 1. The molecule has 1 fully saturated rings. The van der Waals surface area contributed by atoms with Crippen molar-refractivity contribution in [3.05, 3.63) is 95.6 Å². The van der Waals surface area contributed by atoms with Crippen LogP contribution in [0.2, 0.25) is 0 Å². The summed E-state index contributed by atoms with van der Waals surface area (Å²) in [4.78, 5) is 25.6. The lowest BCUT2D eigenvalue weighted by Gasteiger charge is -2.21. The van der Waals surface area contributed by atoms with E-state index in [1.54, 1.807) is 34.9 Å². The lowest BCUT2D eigenvalue weighted by atomic mass is 10.1. The highest BCUT2D eigenvalue weighted by molar-refractivity contribution is 7.98. The molecule has 1 amide bonds. The summed E-state index contributed by atoms with van der Waals surface area (Å²) in [7, 11) is 0. The topological polar surface area (TPSA) is 57.6 Å². The Balaban J connectivity index is 0.000000269. The SMILES string of the molecule is CSc1ccccc1.O=CN(Cc1cccc(C(=O)O)c1)c1ccccc1C1CC1. The van der Waals surface area contributed by atoms with Gasteiger partial charge in [-0.3, -0.25) is 4.79 Å². The zero-order valence-corrected chi connectivity index (χ0v) is 17.7. The van der Waals surface area contributed by atoms with Crippen LogP contribution in [0.1, 0.15) is 40.2 Å². The van der Waals surface area contributed by atoms with E-state index in [2.05, 4.69) is 24.5 Å². The number of rotatable bonds is 7. The molecule has 0 unspecified atom stereocenters. The average molecular weight is 420 g/mol. The second-order valence-electron chi connectivity index (χ2n) is 7.09. The van der Waals surface area contributed by atoms with Gasteiger partial charge in [0.1, 0.15) is 0 Å². The standard InChI is InChI=1S/C18H17NO3.C7H8S/c20-12-19(11-13-4-3-5-15(10-13)18(21)22)17-7-2-1-6-16(17)14-8-9-14;1-8-7-5-3-2-4-6-7/h1-7,10,12,14H,8-9,11H2,(H,21,22);2-6H,1H3. The van der Waals surface area contributed by atoms with Crippen molar-refractivity contribution in [3.8, 4) is 0 Å². The Hall–Kier alpha value is -3.05. The summed E-state index contributed by atoms with van der Waals surface area (Å²) in [5.74, 6) is -0.415. The van der Waals surface area contributed by atoms with Crippen molar-refractivity contribution < 1.29 is 14.7 Å². The summed E-state index contributed by atoms with van der Waals surface area (Å²) in [5, 5.41) is 9.06. The number of amides is 1. The predicted molar refractivity (Wildman–Crippen MR) is 122 cm³/mol. The number of aromatic carboxylic acids is 1. The zero-order valence-electron chi connectivity index (χ0n) is 16.9. The Morgan fingerprint density at radius 1 is 1.03 bits per heavy atom. The Labute approximate surface area is 181 Å². The maximum Gasteiger partial charge on any atom is 0.335 e. The third-order valence-electron chi connectivity index (χ3n) is 4.90. The van der Waals surface area contributed by atoms with Crippen LogP contribution in [0, 0.1) is 0 Å². The fourth-order valence-electron chi connectivity index (χ4n) is 3.22. The lowest BCUT2D eigenvalue weighted by molar-refractivity contribution is -0.107. The lowest BCUT2D eigenvalue weighted by Crippen LogP contribution is -2.21. The van der Waals surface area contributed by atoms with Crippen molar-refractivity contribution in [2.24, 2.45) is 0 Å². The molecule has 0 radical (unpaired) electrons. The van der Waals surface area contributed by atoms with Crippen LogP contribution in [-0.2, 0) is 11.3 Å². The minimum Gasteiger partial charge on any atom is -0.478 e. The van der Waals surface area contributed by atoms with Crippen LogP contribution < -0.4 is 4.90 Å². The number of carboxylic acids is 1. The molecule has 0 spiro atoms. The quantitative estimate of drug-likeness (QED) is 0.386. The van der Waals surface area contributed by atoms with Gasteiger partial charge in [0.15, 0.2) is 0 Å². The normalized spacial score (nSPS) is 12.4. The Morgan fingerprint density at radius 3 is 2.33 bits per heavy atom. The second-order valence-corrected chi connectivity index (χ2v) is 7.97. The van der Waals surface area contributed by atoms with Crippen molar-refractivity contribution in [2.75, 3.05) is 11.2 Å². The smallest absolute Gasteiger partial charge is 0.335 e. The minimum atomic E-state index is -0.960. The number of para-hydroxylation sites is 1. The maximum atomic E-state index is 11.5. The number of carbonyl (C=O) groups excluding carboxylic acids is 1. The van der Waals surface area contributed by atoms with Crippen molar-refractivity contribution in [1.29, 1.82) is 0 Å². The van der Waals surface area contributed by atoms with Crippen LogP contribution in [0.4, 0.5) is 5.69 Å². The number of thioether (sulfide) groups is 1. The van der Waals surface area contributed by atoms with E-state index in [0.717, 1.165) is 30.5 Å². The molecule has 5 heteroatoms. The number of nitrogens with zero attached hydrogens (tertiary/aromatic N) is 1. The number of benzene rings is 3. The van der Waals surface area contributed by atoms with Crippen LogP contribution in [0.5, 0.6) is 0 Å². The van der Waals surface area contributed by atoms with Crippen LogP contribution >= 0.6 is 11.8 Å². The number of hydrogen-bond acceptors (Lipinski definition) is 3. The summed E-state index contributed by atoms with van der Waals surface area (Å²) in [6.07, 6.45) is 5.22. The van der Waals surface area contributed by atoms with E-state index in [1.165, 1.54) is 10.5 Å². The third-order valence-corrected chi connectivity index (χ3v) is 5.64. The molecule has 0 aromatic heterocycles. The molecule has 1 N–H and O–H groups in total. The number of carbonyl (C=O) groups is 2. The molecule has 4 rings (SSSR count). The largest absolute Gasteiger partial charge is 0.478 e. The van der Waals surface area contributed by atoms with E-state index in [1.807, 2.05) is 42.5 Å². The minimum absolute atomic E-state index is 0.235. The molecule has 1 aliphatic rings. The van der Waals surface area contributed by atoms with Gasteiger partial charge in [0.05, 0.1) is 12.1 Å². The molecule has 0 aliphatic heterocycles. The highest BCUT2D eigenvalue weighted by Gasteiger charge is 2.27. The van der Waals surface area contributed by atoms with E-state index in [4.69, 9.17) is 5.11 Å². The molecule has 1 aliphatic carbocycles. The molecule has 0 heterocycles. The first-order valence-electron chi connectivity index (χ1n) is 9.84. The van der Waals surface area contributed by atoms with Gasteiger partial charge in [-0.15, -0.1) is 11.8 Å². The molecule has 0 atom stereocenters. The molecule has 3 aromatic rings. The molecular weight excluding hydrogens is 394 g/mol. The predicted octanol–water partition coefficient (Wildman–Crippen LogP) is 5.83. The van der Waals surface area contributed by atoms with Crippen molar-refractivity contribution in [1.82, 2.24) is 0 Å². The molecule has 4 nitrogen and oxygen atoms in total. The fourth-order valence-corrected chi connectivity index (χ4v) is 3.65. The molecular formula is C25H25NO3S. The molecule has 0 saturated heterocycles. The first-order valence-corrected chi connectivity index (χ1v) is 11.1. The fraction of sp³-hybridized carbons (Fsp3) is 0.200. The molecule has 30 heavy (non-hydrogen) atoms. The van der Waals surface area contributed by atoms with Crippen molar-refractivity contribution >= 4 is 29.8 Å². The van der Waals surface area contributed by atoms with Gasteiger partial charge < -0.3 is 10.0 Å². The summed E-state index contributed by atoms with van der Waals surface area (Å²) >= 11 is 1.77. The van der Waals surface area contributed by atoms with E-state index >= 15 is 0 Å². The van der Waals surface area contributed by atoms with E-state index in [9.17, 15) is 9.59 Å². The Bertz CT molecular complexity index is 986. The second kappa shape index (κ2) is 10.6. The number of hydrogen-bond donors (Lipinski definition) is 1. The van der Waals surface area contributed by atoms with Crippen molar-refractivity contribution in [2.45, 2.75) is 30.2 Å². The number of carboxylic acid groups (broad SMARTS) is 1. The van der Waals surface area contributed by atoms with Gasteiger partial charge in [-0.2, -0.15) is 0 Å². The Kier molecular flexibility index (Phi) is 7.69. The van der Waals surface area contributed by atoms with Crippen LogP contribution in [0.15, 0.2) is 83.8 Å². The highest BCUT2D eigenvalue weighted by Crippen LogP contribution is 2.44. The van der Waals surface area contributed by atoms with Gasteiger partial charge >= 0.3 is 5.97 Å². The molecule has 1 saturated carbocycles. The molecule has 0 bridgehead atoms. The summed E-state index contributed by atoms with van der Waals surface area (Å²) < 4.78 is 0. The monoisotopic (exact) mass is 419 g/mol. The summed E-state index contributed by atoms with van der Waals surface area (Å²) in [5.41, 5.74) is 3.15. The van der Waals surface area contributed by atoms with Gasteiger partial charge in [-0.05, 0) is 66.5 Å². The van der Waals surface area contributed by atoms with E-state index < -0.39 is 5.97 Å². The third kappa shape index (κ3) is 5.97. The summed E-state index contributed by atoms with van der Waals surface area (Å²) in [6, 6.07) is 25.0. The highest BCUT2D eigenvalue weighted by atomic mass is 32.2. The van der Waals surface area contributed by atoms with Gasteiger partial charge in [-0.1, -0.05) is 48.5 Å². The summed E-state index contributed by atoms with van der Waals surface area (Å²) in [6.45, 7) is 0.369. The first kappa shape index (κ1) is 21.7. The van der Waals surface area contributed by atoms with Gasteiger partial charge in [-0.25, -0.2) is 4.79 Å². The average Bonchev–Trinajstić information content (AvgIpc) is 3.64. The Morgan fingerprint density at radius 2 is 1.73 bits per heavy atom. The van der Waals surface area contributed by atoms with Gasteiger partial charge in [0.25, 0.3) is 0 Å². The molecule has 3 aromatic carbocycles. The van der Waals surface area contributed by atoms with Crippen LogP contribution in [0.3, 0.4) is 0 Å². The van der Waals surface area contributed by atoms with Crippen LogP contribution in [0.25, 0.3) is 0 Å². The van der Waals surface area contributed by atoms with Gasteiger partial charge in [0, 0.05) is 10.6 Å². The molecule has 154 valence electrons. The van der Waals surface area contributed by atoms with Crippen molar-refractivity contribution in [3.63, 3.8) is 0 Å². The van der Waals surface area contributed by atoms with E-state index in [-0.39, 0.29) is 5.56 Å². The zero-order chi connectivity index (χ0) is 21.3. The van der Waals surface area contributed by atoms with Crippen LogP contribution in [-0.4, -0.2) is 23.7 Å². The van der Waals surface area contributed by atoms with Gasteiger partial charge in [0.2, 0.25) is 6.41 Å². The first-order chi connectivity index (χ1) is 14.6. The van der Waals surface area contributed by atoms with E-state index in [0.29, 0.717) is 12.5 Å².